The Morgan fingerprint density at radius 1 is 1.04 bits per heavy atom. The topological polar surface area (TPSA) is 35.6 Å². The van der Waals surface area contributed by atoms with E-state index in [2.05, 4.69) is 80.4 Å². The van der Waals surface area contributed by atoms with Gasteiger partial charge in [0.2, 0.25) is 5.91 Å². The third-order valence-electron chi connectivity index (χ3n) is 6.20. The number of carbonyl (C=O) groups is 1. The molecule has 2 aliphatic rings. The number of nitrogens with one attached hydrogen (secondary N) is 1. The van der Waals surface area contributed by atoms with Crippen LogP contribution in [0.1, 0.15) is 25.3 Å². The molecule has 28 heavy (non-hydrogen) atoms. The Morgan fingerprint density at radius 2 is 1.68 bits per heavy atom. The molecule has 1 amide bonds. The van der Waals surface area contributed by atoms with Crippen LogP contribution in [0.4, 0.5) is 5.69 Å². The molecule has 1 saturated carbocycles. The summed E-state index contributed by atoms with van der Waals surface area (Å²) in [6.07, 6.45) is 1.90. The summed E-state index contributed by atoms with van der Waals surface area (Å²) in [6, 6.07) is 19.2. The van der Waals surface area contributed by atoms with Gasteiger partial charge in [-0.05, 0) is 49.6 Å². The van der Waals surface area contributed by atoms with E-state index in [1.165, 1.54) is 5.69 Å². The van der Waals surface area contributed by atoms with Crippen molar-refractivity contribution in [1.82, 2.24) is 10.2 Å². The molecule has 1 aliphatic heterocycles. The Bertz CT molecular complexity index is 796. The van der Waals surface area contributed by atoms with Crippen LogP contribution in [0.15, 0.2) is 59.1 Å². The number of nitrogens with zero attached hydrogens (tertiary/aromatic N) is 2. The SMILES string of the molecule is CC(CNC(=O)C1(c2ccc(Br)cc2)CC1)N1CCN(c2ccccc2)CC1. The standard InChI is InChI=1S/C23H28BrN3O/c1-18(26-13-15-27(16-14-26)21-5-3-2-4-6-21)17-25-22(28)23(11-12-23)19-7-9-20(24)10-8-19/h2-10,18H,11-17H2,1H3,(H,25,28). The van der Waals surface area contributed by atoms with E-state index in [-0.39, 0.29) is 11.3 Å². The lowest BCUT2D eigenvalue weighted by Crippen LogP contribution is -2.53. The summed E-state index contributed by atoms with van der Waals surface area (Å²) < 4.78 is 1.05. The summed E-state index contributed by atoms with van der Waals surface area (Å²) in [6.45, 7) is 7.06. The number of amides is 1. The quantitative estimate of drug-likeness (QED) is 0.739. The summed E-state index contributed by atoms with van der Waals surface area (Å²) in [5.74, 6) is 0.185. The molecule has 2 aromatic rings. The summed E-state index contributed by atoms with van der Waals surface area (Å²) in [7, 11) is 0. The van der Waals surface area contributed by atoms with E-state index in [9.17, 15) is 4.79 Å². The van der Waals surface area contributed by atoms with Gasteiger partial charge < -0.3 is 10.2 Å². The predicted molar refractivity (Wildman–Crippen MR) is 118 cm³/mol. The fourth-order valence-corrected chi connectivity index (χ4v) is 4.40. The van der Waals surface area contributed by atoms with Gasteiger partial charge in [0.15, 0.2) is 0 Å². The highest BCUT2D eigenvalue weighted by Crippen LogP contribution is 2.48. The molecule has 1 N–H and O–H groups in total. The molecule has 4 nitrogen and oxygen atoms in total. The molecule has 2 fully saturated rings. The van der Waals surface area contributed by atoms with Gasteiger partial charge >= 0.3 is 0 Å². The van der Waals surface area contributed by atoms with E-state index in [0.29, 0.717) is 12.6 Å². The molecule has 0 radical (unpaired) electrons. The fourth-order valence-electron chi connectivity index (χ4n) is 4.14. The highest BCUT2D eigenvalue weighted by Gasteiger charge is 2.51. The van der Waals surface area contributed by atoms with Crippen LogP contribution < -0.4 is 10.2 Å². The van der Waals surface area contributed by atoms with Gasteiger partial charge in [-0.25, -0.2) is 0 Å². The molecule has 0 bridgehead atoms. The molecule has 148 valence electrons. The van der Waals surface area contributed by atoms with Crippen molar-refractivity contribution in [3.05, 3.63) is 64.6 Å². The van der Waals surface area contributed by atoms with Crippen LogP contribution in [0.5, 0.6) is 0 Å². The lowest BCUT2D eigenvalue weighted by atomic mass is 9.95. The second-order valence-corrected chi connectivity index (χ2v) is 8.92. The van der Waals surface area contributed by atoms with Crippen molar-refractivity contribution in [3.8, 4) is 0 Å². The van der Waals surface area contributed by atoms with Gasteiger partial charge in [0.25, 0.3) is 0 Å². The Morgan fingerprint density at radius 3 is 2.29 bits per heavy atom. The zero-order chi connectivity index (χ0) is 19.6. The number of hydrogen-bond acceptors (Lipinski definition) is 3. The van der Waals surface area contributed by atoms with Crippen LogP contribution >= 0.6 is 15.9 Å². The van der Waals surface area contributed by atoms with Crippen LogP contribution in [0.2, 0.25) is 0 Å². The van der Waals surface area contributed by atoms with Crippen molar-refractivity contribution in [2.45, 2.75) is 31.2 Å². The maximum absolute atomic E-state index is 12.9. The van der Waals surface area contributed by atoms with E-state index in [1.54, 1.807) is 0 Å². The van der Waals surface area contributed by atoms with Gasteiger partial charge in [-0.1, -0.05) is 46.3 Å². The average molecular weight is 442 g/mol. The van der Waals surface area contributed by atoms with E-state index in [1.807, 2.05) is 12.1 Å². The molecule has 4 rings (SSSR count). The van der Waals surface area contributed by atoms with Crippen molar-refractivity contribution in [3.63, 3.8) is 0 Å². The summed E-state index contributed by atoms with van der Waals surface area (Å²) in [5, 5.41) is 3.23. The molecule has 1 aliphatic carbocycles. The number of halogens is 1. The van der Waals surface area contributed by atoms with Crippen LogP contribution in [0.25, 0.3) is 0 Å². The van der Waals surface area contributed by atoms with E-state index in [0.717, 1.165) is 49.1 Å². The molecule has 5 heteroatoms. The molecular weight excluding hydrogens is 414 g/mol. The van der Waals surface area contributed by atoms with Gasteiger partial charge in [-0.2, -0.15) is 0 Å². The fraction of sp³-hybridized carbons (Fsp3) is 0.435. The number of piperazine rings is 1. The second-order valence-electron chi connectivity index (χ2n) is 8.01. The van der Waals surface area contributed by atoms with E-state index in [4.69, 9.17) is 0 Å². The zero-order valence-corrected chi connectivity index (χ0v) is 18.0. The third kappa shape index (κ3) is 4.11. The van der Waals surface area contributed by atoms with Crippen molar-refractivity contribution in [1.29, 1.82) is 0 Å². The molecule has 1 saturated heterocycles. The average Bonchev–Trinajstić information content (AvgIpc) is 3.55. The maximum Gasteiger partial charge on any atom is 0.230 e. The summed E-state index contributed by atoms with van der Waals surface area (Å²) >= 11 is 3.47. The lowest BCUT2D eigenvalue weighted by molar-refractivity contribution is -0.123. The maximum atomic E-state index is 12.9. The molecular formula is C23H28BrN3O. The zero-order valence-electron chi connectivity index (χ0n) is 16.4. The first-order valence-corrected chi connectivity index (χ1v) is 11.0. The van der Waals surface area contributed by atoms with E-state index < -0.39 is 0 Å². The van der Waals surface area contributed by atoms with Gasteiger partial charge in [0, 0.05) is 48.9 Å². The van der Waals surface area contributed by atoms with Crippen molar-refractivity contribution >= 4 is 27.5 Å². The number of carbonyl (C=O) groups excluding carboxylic acids is 1. The number of benzene rings is 2. The first kappa shape index (κ1) is 19.5. The summed E-state index contributed by atoms with van der Waals surface area (Å²) in [4.78, 5) is 17.8. The number of hydrogen-bond donors (Lipinski definition) is 1. The van der Waals surface area contributed by atoms with E-state index >= 15 is 0 Å². The monoisotopic (exact) mass is 441 g/mol. The Balaban J connectivity index is 1.27. The van der Waals surface area contributed by atoms with Crippen LogP contribution in [-0.2, 0) is 10.2 Å². The molecule has 1 atom stereocenters. The largest absolute Gasteiger partial charge is 0.369 e. The minimum atomic E-state index is -0.299. The number of para-hydroxylation sites is 1. The summed E-state index contributed by atoms with van der Waals surface area (Å²) in [5.41, 5.74) is 2.14. The first-order valence-electron chi connectivity index (χ1n) is 10.2. The number of rotatable bonds is 6. The van der Waals surface area contributed by atoms with Crippen molar-refractivity contribution < 1.29 is 4.79 Å². The van der Waals surface area contributed by atoms with Crippen LogP contribution in [0, 0.1) is 0 Å². The Labute approximate surface area is 176 Å². The van der Waals surface area contributed by atoms with Crippen molar-refractivity contribution in [2.75, 3.05) is 37.6 Å². The van der Waals surface area contributed by atoms with Crippen LogP contribution in [-0.4, -0.2) is 49.6 Å². The Hall–Kier alpha value is -1.85. The minimum Gasteiger partial charge on any atom is -0.369 e. The highest BCUT2D eigenvalue weighted by atomic mass is 79.9. The van der Waals surface area contributed by atoms with Gasteiger partial charge in [-0.15, -0.1) is 0 Å². The third-order valence-corrected chi connectivity index (χ3v) is 6.73. The minimum absolute atomic E-state index is 0.185. The highest BCUT2D eigenvalue weighted by molar-refractivity contribution is 9.10. The number of anilines is 1. The molecule has 2 aromatic carbocycles. The lowest BCUT2D eigenvalue weighted by Gasteiger charge is -2.39. The van der Waals surface area contributed by atoms with Crippen LogP contribution in [0.3, 0.4) is 0 Å². The first-order chi connectivity index (χ1) is 13.6. The van der Waals surface area contributed by atoms with Gasteiger partial charge in [0.1, 0.15) is 0 Å². The van der Waals surface area contributed by atoms with Gasteiger partial charge in [-0.3, -0.25) is 9.69 Å². The molecule has 1 unspecified atom stereocenters. The molecule has 0 spiro atoms. The molecule has 0 aromatic heterocycles. The van der Waals surface area contributed by atoms with Crippen molar-refractivity contribution in [2.24, 2.45) is 0 Å². The van der Waals surface area contributed by atoms with Gasteiger partial charge in [0.05, 0.1) is 5.41 Å². The smallest absolute Gasteiger partial charge is 0.230 e. The second kappa shape index (κ2) is 8.26. The predicted octanol–water partition coefficient (Wildman–Crippen LogP) is 3.81. The normalized spacial score (nSPS) is 19.9. The molecule has 1 heterocycles. The Kier molecular flexibility index (Phi) is 5.74.